The molecule has 4 rings (SSSR count). The van der Waals surface area contributed by atoms with Gasteiger partial charge in [0.1, 0.15) is 11.5 Å². The van der Waals surface area contributed by atoms with Crippen molar-refractivity contribution in [1.29, 1.82) is 0 Å². The fourth-order valence-corrected chi connectivity index (χ4v) is 4.23. The summed E-state index contributed by atoms with van der Waals surface area (Å²) < 4.78 is 32.7. The highest BCUT2D eigenvalue weighted by Crippen LogP contribution is 2.33. The number of rotatable bonds is 4. The molecule has 2 amide bonds. The van der Waals surface area contributed by atoms with Crippen molar-refractivity contribution in [3.8, 4) is 11.3 Å². The van der Waals surface area contributed by atoms with Gasteiger partial charge in [0.15, 0.2) is 0 Å². The molecule has 9 nitrogen and oxygen atoms in total. The Morgan fingerprint density at radius 2 is 2.03 bits per heavy atom. The smallest absolute Gasteiger partial charge is 0.411 e. The number of carbonyl (C=O) groups is 2. The van der Waals surface area contributed by atoms with Crippen LogP contribution in [0.4, 0.5) is 19.7 Å². The highest BCUT2D eigenvalue weighted by molar-refractivity contribution is 5.85. The van der Waals surface area contributed by atoms with E-state index >= 15 is 4.39 Å². The van der Waals surface area contributed by atoms with Gasteiger partial charge in [-0.2, -0.15) is 0 Å². The number of carbonyl (C=O) groups excluding carboxylic acids is 2. The number of benzene rings is 1. The van der Waals surface area contributed by atoms with Crippen LogP contribution in [0.5, 0.6) is 0 Å². The van der Waals surface area contributed by atoms with E-state index < -0.39 is 18.0 Å². The zero-order valence-corrected chi connectivity index (χ0v) is 19.6. The summed E-state index contributed by atoms with van der Waals surface area (Å²) in [7, 11) is 2.59. The number of pyridine rings is 1. The second-order valence-corrected chi connectivity index (χ2v) is 8.22. The van der Waals surface area contributed by atoms with Crippen molar-refractivity contribution < 1.29 is 28.2 Å². The number of morpholine rings is 1. The van der Waals surface area contributed by atoms with Crippen LogP contribution in [0, 0.1) is 19.7 Å². The third-order valence-corrected chi connectivity index (χ3v) is 5.83. The minimum Gasteiger partial charge on any atom is -0.453 e. The van der Waals surface area contributed by atoms with Crippen LogP contribution in [-0.4, -0.2) is 66.5 Å². The average molecular weight is 471 g/mol. The lowest BCUT2D eigenvalue weighted by Crippen LogP contribution is -2.46. The first-order valence-corrected chi connectivity index (χ1v) is 10.9. The first-order chi connectivity index (χ1) is 16.3. The number of hydrogen-bond donors (Lipinski definition) is 1. The van der Waals surface area contributed by atoms with E-state index in [9.17, 15) is 9.59 Å². The number of amides is 2. The Hall–Kier alpha value is -3.66. The Balaban J connectivity index is 1.76. The number of aryl methyl sites for hydroxylation is 2. The normalized spacial score (nSPS) is 15.9. The topological polar surface area (TPSA) is 94.4 Å². The summed E-state index contributed by atoms with van der Waals surface area (Å²) in [6.45, 7) is 4.91. The fraction of sp³-hybridized carbons (Fsp3) is 0.375. The van der Waals surface area contributed by atoms with Crippen LogP contribution in [0.3, 0.4) is 0 Å². The number of hydrogen-bond acceptors (Lipinski definition) is 6. The summed E-state index contributed by atoms with van der Waals surface area (Å²) in [6, 6.07) is 6.80. The Labute approximate surface area is 196 Å². The van der Waals surface area contributed by atoms with Gasteiger partial charge in [-0.15, -0.1) is 0 Å². The Morgan fingerprint density at radius 3 is 2.74 bits per heavy atom. The largest absolute Gasteiger partial charge is 0.453 e. The predicted molar refractivity (Wildman–Crippen MR) is 124 cm³/mol. The molecule has 0 aliphatic carbocycles. The van der Waals surface area contributed by atoms with Crippen molar-refractivity contribution in [3.05, 3.63) is 53.1 Å². The number of nitrogens with zero attached hydrogens (tertiary/aromatic N) is 3. The summed E-state index contributed by atoms with van der Waals surface area (Å²) in [4.78, 5) is 29.9. The molecule has 2 aromatic heterocycles. The molecule has 1 aliphatic rings. The molecule has 10 heteroatoms. The minimum absolute atomic E-state index is 0.288. The standard InChI is InChI=1S/C24H27FN4O5/c1-14-5-6-29-19(12-17-13-28(7-8-34-17)24(31)33-4)22(27-20(29)9-14)21-15(2)10-16(11-18(21)25)26-23(30)32-3/h5-6,9-11,17H,7-8,12-13H2,1-4H3,(H,26,30). The van der Waals surface area contributed by atoms with Crippen molar-refractivity contribution in [2.45, 2.75) is 26.4 Å². The first-order valence-electron chi connectivity index (χ1n) is 10.9. The van der Waals surface area contributed by atoms with Crippen LogP contribution in [0.1, 0.15) is 16.8 Å². The molecular weight excluding hydrogens is 443 g/mol. The molecule has 1 N–H and O–H groups in total. The number of nitrogens with one attached hydrogen (secondary N) is 1. The van der Waals surface area contributed by atoms with E-state index in [4.69, 9.17) is 14.5 Å². The summed E-state index contributed by atoms with van der Waals surface area (Å²) >= 11 is 0. The van der Waals surface area contributed by atoms with E-state index in [1.54, 1.807) is 17.9 Å². The van der Waals surface area contributed by atoms with Gasteiger partial charge < -0.3 is 23.5 Å². The van der Waals surface area contributed by atoms with Crippen LogP contribution in [0.2, 0.25) is 0 Å². The number of fused-ring (bicyclic) bond motifs is 1. The molecule has 34 heavy (non-hydrogen) atoms. The Bertz CT molecular complexity index is 1220. The molecule has 0 bridgehead atoms. The first kappa shape index (κ1) is 23.5. The van der Waals surface area contributed by atoms with Crippen molar-refractivity contribution in [2.24, 2.45) is 0 Å². The average Bonchev–Trinajstić information content (AvgIpc) is 3.14. The maximum Gasteiger partial charge on any atom is 0.411 e. The summed E-state index contributed by atoms with van der Waals surface area (Å²) in [5.41, 5.74) is 4.20. The molecule has 3 heterocycles. The van der Waals surface area contributed by atoms with Crippen molar-refractivity contribution >= 4 is 23.5 Å². The summed E-state index contributed by atoms with van der Waals surface area (Å²) in [5, 5.41) is 2.49. The van der Waals surface area contributed by atoms with E-state index in [2.05, 4.69) is 10.1 Å². The van der Waals surface area contributed by atoms with Crippen molar-refractivity contribution in [2.75, 3.05) is 39.2 Å². The quantitative estimate of drug-likeness (QED) is 0.621. The van der Waals surface area contributed by atoms with Gasteiger partial charge in [-0.1, -0.05) is 0 Å². The van der Waals surface area contributed by atoms with E-state index in [0.717, 1.165) is 11.3 Å². The van der Waals surface area contributed by atoms with Gasteiger partial charge in [0, 0.05) is 30.4 Å². The monoisotopic (exact) mass is 470 g/mol. The lowest BCUT2D eigenvalue weighted by atomic mass is 10.00. The molecule has 3 aromatic rings. The number of anilines is 1. The lowest BCUT2D eigenvalue weighted by Gasteiger charge is -2.32. The number of imidazole rings is 1. The molecule has 0 spiro atoms. The van der Waals surface area contributed by atoms with Gasteiger partial charge in [0.2, 0.25) is 0 Å². The molecule has 1 saturated heterocycles. The second kappa shape index (κ2) is 9.68. The van der Waals surface area contributed by atoms with E-state index in [1.807, 2.05) is 29.7 Å². The Morgan fingerprint density at radius 1 is 1.24 bits per heavy atom. The minimum atomic E-state index is -0.681. The molecule has 1 aromatic carbocycles. The van der Waals surface area contributed by atoms with Crippen LogP contribution >= 0.6 is 0 Å². The van der Waals surface area contributed by atoms with Gasteiger partial charge in [-0.05, 0) is 49.2 Å². The molecule has 1 atom stereocenters. The number of halogens is 1. The van der Waals surface area contributed by atoms with Gasteiger partial charge in [0.25, 0.3) is 0 Å². The summed E-state index contributed by atoms with van der Waals surface area (Å²) in [5.74, 6) is -0.520. The molecule has 1 fully saturated rings. The Kier molecular flexibility index (Phi) is 6.69. The van der Waals surface area contributed by atoms with Crippen LogP contribution < -0.4 is 5.32 Å². The maximum atomic E-state index is 15.4. The predicted octanol–water partition coefficient (Wildman–Crippen LogP) is 3.95. The van der Waals surface area contributed by atoms with Crippen LogP contribution in [0.15, 0.2) is 30.5 Å². The molecule has 1 unspecified atom stereocenters. The number of ether oxygens (including phenoxy) is 3. The summed E-state index contributed by atoms with van der Waals surface area (Å²) in [6.07, 6.45) is 0.917. The zero-order chi connectivity index (χ0) is 24.4. The molecule has 180 valence electrons. The number of aromatic nitrogens is 2. The highest BCUT2D eigenvalue weighted by Gasteiger charge is 2.28. The molecule has 0 saturated carbocycles. The maximum absolute atomic E-state index is 15.4. The van der Waals surface area contributed by atoms with Crippen molar-refractivity contribution in [3.63, 3.8) is 0 Å². The van der Waals surface area contributed by atoms with Gasteiger partial charge in [-0.25, -0.2) is 19.0 Å². The van der Waals surface area contributed by atoms with Crippen LogP contribution in [-0.2, 0) is 20.6 Å². The lowest BCUT2D eigenvalue weighted by molar-refractivity contribution is -0.0241. The highest BCUT2D eigenvalue weighted by atomic mass is 19.1. The van der Waals surface area contributed by atoms with E-state index in [0.29, 0.717) is 48.6 Å². The third-order valence-electron chi connectivity index (χ3n) is 5.83. The second-order valence-electron chi connectivity index (χ2n) is 8.22. The number of methoxy groups -OCH3 is 2. The zero-order valence-electron chi connectivity index (χ0n) is 19.6. The van der Waals surface area contributed by atoms with E-state index in [-0.39, 0.29) is 11.8 Å². The fourth-order valence-electron chi connectivity index (χ4n) is 4.23. The molecule has 0 radical (unpaired) electrons. The third kappa shape index (κ3) is 4.67. The van der Waals surface area contributed by atoms with Gasteiger partial charge in [-0.3, -0.25) is 5.32 Å². The van der Waals surface area contributed by atoms with Gasteiger partial charge in [0.05, 0.1) is 44.9 Å². The SMILES string of the molecule is COC(=O)Nc1cc(C)c(-c2nc3cc(C)ccn3c2CC2CN(C(=O)OC)CCO2)c(F)c1. The van der Waals surface area contributed by atoms with Gasteiger partial charge >= 0.3 is 12.2 Å². The van der Waals surface area contributed by atoms with Crippen LogP contribution in [0.25, 0.3) is 16.9 Å². The molecule has 1 aliphatic heterocycles. The van der Waals surface area contributed by atoms with E-state index in [1.165, 1.54) is 20.3 Å². The molecular formula is C24H27FN4O5. The van der Waals surface area contributed by atoms with Crippen molar-refractivity contribution in [1.82, 2.24) is 14.3 Å².